The van der Waals surface area contributed by atoms with Crippen LogP contribution in [-0.2, 0) is 11.3 Å². The van der Waals surface area contributed by atoms with Crippen LogP contribution in [0.25, 0.3) is 0 Å². The molecule has 2 aromatic rings. The van der Waals surface area contributed by atoms with Crippen LogP contribution in [0.15, 0.2) is 41.8 Å². The fourth-order valence-corrected chi connectivity index (χ4v) is 4.07. The molecule has 0 unspecified atom stereocenters. The Hall–Kier alpha value is -1.69. The van der Waals surface area contributed by atoms with E-state index in [-0.39, 0.29) is 5.91 Å². The van der Waals surface area contributed by atoms with E-state index in [1.807, 2.05) is 23.5 Å². The van der Waals surface area contributed by atoms with Gasteiger partial charge in [-0.05, 0) is 55.1 Å². The van der Waals surface area contributed by atoms with Gasteiger partial charge in [-0.15, -0.1) is 11.3 Å². The maximum Gasteiger partial charge on any atom is 0.221 e. The van der Waals surface area contributed by atoms with E-state index in [2.05, 4.69) is 45.2 Å². The summed E-state index contributed by atoms with van der Waals surface area (Å²) in [7, 11) is 0. The van der Waals surface area contributed by atoms with E-state index < -0.39 is 0 Å². The van der Waals surface area contributed by atoms with Crippen molar-refractivity contribution in [1.29, 1.82) is 0 Å². The van der Waals surface area contributed by atoms with Gasteiger partial charge in [0.15, 0.2) is 0 Å². The number of thiophene rings is 1. The number of nitrogens with one attached hydrogen (secondary N) is 2. The fourth-order valence-electron chi connectivity index (χ4n) is 3.21. The van der Waals surface area contributed by atoms with Gasteiger partial charge in [-0.2, -0.15) is 0 Å². The number of likely N-dealkylation sites (tertiary alicyclic amines) is 1. The Balaban J connectivity index is 1.54. The lowest BCUT2D eigenvalue weighted by molar-refractivity contribution is -0.114. The minimum atomic E-state index is -0.0368. The second-order valence-corrected chi connectivity index (χ2v) is 7.26. The largest absolute Gasteiger partial charge is 0.326 e. The summed E-state index contributed by atoms with van der Waals surface area (Å²) in [5.74, 6) is -0.0368. The maximum absolute atomic E-state index is 11.1. The van der Waals surface area contributed by atoms with Gasteiger partial charge < -0.3 is 10.6 Å². The highest BCUT2D eigenvalue weighted by molar-refractivity contribution is 7.10. The third-order valence-corrected chi connectivity index (χ3v) is 5.37. The molecule has 24 heavy (non-hydrogen) atoms. The number of nitrogens with zero attached hydrogens (tertiary/aromatic N) is 1. The van der Waals surface area contributed by atoms with Crippen molar-refractivity contribution < 1.29 is 4.79 Å². The molecule has 3 rings (SSSR count). The average Bonchev–Trinajstić information content (AvgIpc) is 3.26. The zero-order valence-corrected chi connectivity index (χ0v) is 14.9. The molecule has 1 fully saturated rings. The standard InChI is InChI=1S/C19H25N3OS/c1-15(23)21-17-8-6-16(7-9-17)13-20-14-18(19-5-4-12-24-19)22-10-2-3-11-22/h4-9,12,18,20H,2-3,10-11,13-14H2,1H3,(H,21,23)/t18-/m0/s1. The molecule has 1 aliphatic heterocycles. The molecule has 5 heteroatoms. The van der Waals surface area contributed by atoms with Gasteiger partial charge in [-0.3, -0.25) is 9.69 Å². The number of hydrogen-bond acceptors (Lipinski definition) is 4. The molecule has 1 aliphatic rings. The van der Waals surface area contributed by atoms with E-state index in [1.54, 1.807) is 0 Å². The molecule has 4 nitrogen and oxygen atoms in total. The summed E-state index contributed by atoms with van der Waals surface area (Å²) in [6, 6.07) is 12.9. The molecule has 1 saturated heterocycles. The summed E-state index contributed by atoms with van der Waals surface area (Å²) < 4.78 is 0. The van der Waals surface area contributed by atoms with Crippen molar-refractivity contribution in [1.82, 2.24) is 10.2 Å². The SMILES string of the molecule is CC(=O)Nc1ccc(CNC[C@@H](c2cccs2)N2CCCC2)cc1. The fraction of sp³-hybridized carbons (Fsp3) is 0.421. The predicted octanol–water partition coefficient (Wildman–Crippen LogP) is 3.63. The lowest BCUT2D eigenvalue weighted by Gasteiger charge is -2.27. The highest BCUT2D eigenvalue weighted by atomic mass is 32.1. The van der Waals surface area contributed by atoms with Crippen LogP contribution in [-0.4, -0.2) is 30.4 Å². The molecule has 0 saturated carbocycles. The molecule has 0 aliphatic carbocycles. The lowest BCUT2D eigenvalue weighted by atomic mass is 10.1. The van der Waals surface area contributed by atoms with Crippen LogP contribution in [0.3, 0.4) is 0 Å². The number of carbonyl (C=O) groups is 1. The van der Waals surface area contributed by atoms with Gasteiger partial charge in [-0.25, -0.2) is 0 Å². The molecule has 2 heterocycles. The zero-order chi connectivity index (χ0) is 16.8. The Kier molecular flexibility index (Phi) is 6.01. The van der Waals surface area contributed by atoms with Gasteiger partial charge in [0, 0.05) is 30.6 Å². The quantitative estimate of drug-likeness (QED) is 0.807. The Morgan fingerprint density at radius 3 is 2.58 bits per heavy atom. The van der Waals surface area contributed by atoms with Gasteiger partial charge in [0.05, 0.1) is 6.04 Å². The van der Waals surface area contributed by atoms with Crippen LogP contribution in [0, 0.1) is 0 Å². The minimum absolute atomic E-state index is 0.0368. The van der Waals surface area contributed by atoms with Crippen molar-refractivity contribution in [3.05, 3.63) is 52.2 Å². The van der Waals surface area contributed by atoms with Gasteiger partial charge in [0.1, 0.15) is 0 Å². The second-order valence-electron chi connectivity index (χ2n) is 6.28. The van der Waals surface area contributed by atoms with Crippen LogP contribution in [0.4, 0.5) is 5.69 Å². The van der Waals surface area contributed by atoms with Crippen molar-refractivity contribution in [2.75, 3.05) is 25.0 Å². The van der Waals surface area contributed by atoms with Crippen molar-refractivity contribution in [2.45, 2.75) is 32.4 Å². The molecular formula is C19H25N3OS. The van der Waals surface area contributed by atoms with Crippen molar-refractivity contribution >= 4 is 22.9 Å². The first kappa shape index (κ1) is 17.1. The first-order valence-corrected chi connectivity index (χ1v) is 9.45. The first-order valence-electron chi connectivity index (χ1n) is 8.57. The topological polar surface area (TPSA) is 44.4 Å². The van der Waals surface area contributed by atoms with E-state index in [0.717, 1.165) is 18.8 Å². The molecule has 0 bridgehead atoms. The number of benzene rings is 1. The van der Waals surface area contributed by atoms with E-state index in [9.17, 15) is 4.79 Å². The average molecular weight is 343 g/mol. The van der Waals surface area contributed by atoms with E-state index >= 15 is 0 Å². The lowest BCUT2D eigenvalue weighted by Crippen LogP contribution is -2.33. The highest BCUT2D eigenvalue weighted by Crippen LogP contribution is 2.27. The summed E-state index contributed by atoms with van der Waals surface area (Å²) in [6.07, 6.45) is 2.62. The van der Waals surface area contributed by atoms with Gasteiger partial charge in [0.2, 0.25) is 5.91 Å². The van der Waals surface area contributed by atoms with Crippen LogP contribution in [0.5, 0.6) is 0 Å². The van der Waals surface area contributed by atoms with Crippen LogP contribution < -0.4 is 10.6 Å². The summed E-state index contributed by atoms with van der Waals surface area (Å²) in [6.45, 7) is 5.74. The molecule has 1 aromatic heterocycles. The third-order valence-electron chi connectivity index (χ3n) is 4.39. The highest BCUT2D eigenvalue weighted by Gasteiger charge is 2.23. The Morgan fingerprint density at radius 2 is 1.96 bits per heavy atom. The second kappa shape index (κ2) is 8.42. The summed E-state index contributed by atoms with van der Waals surface area (Å²) in [5, 5.41) is 8.57. The monoisotopic (exact) mass is 343 g/mol. The third kappa shape index (κ3) is 4.66. The van der Waals surface area contributed by atoms with Crippen molar-refractivity contribution in [3.63, 3.8) is 0 Å². The van der Waals surface area contributed by atoms with Gasteiger partial charge in [-0.1, -0.05) is 18.2 Å². The number of carbonyl (C=O) groups excluding carboxylic acids is 1. The molecular weight excluding hydrogens is 318 g/mol. The molecule has 0 spiro atoms. The molecule has 128 valence electrons. The summed E-state index contributed by atoms with van der Waals surface area (Å²) in [4.78, 5) is 15.1. The van der Waals surface area contributed by atoms with Gasteiger partial charge >= 0.3 is 0 Å². The van der Waals surface area contributed by atoms with Crippen LogP contribution in [0.2, 0.25) is 0 Å². The van der Waals surface area contributed by atoms with Gasteiger partial charge in [0.25, 0.3) is 0 Å². The predicted molar refractivity (Wildman–Crippen MR) is 100 cm³/mol. The van der Waals surface area contributed by atoms with E-state index in [0.29, 0.717) is 6.04 Å². The molecule has 0 radical (unpaired) electrons. The smallest absolute Gasteiger partial charge is 0.221 e. The Bertz CT molecular complexity index is 633. The van der Waals surface area contributed by atoms with Crippen molar-refractivity contribution in [3.8, 4) is 0 Å². The molecule has 1 amide bonds. The molecule has 1 atom stereocenters. The van der Waals surface area contributed by atoms with E-state index in [4.69, 9.17) is 0 Å². The normalized spacial score (nSPS) is 16.2. The van der Waals surface area contributed by atoms with Crippen LogP contribution in [0.1, 0.15) is 36.2 Å². The maximum atomic E-state index is 11.1. The summed E-state index contributed by atoms with van der Waals surface area (Å²) in [5.41, 5.74) is 2.08. The van der Waals surface area contributed by atoms with Crippen LogP contribution >= 0.6 is 11.3 Å². The number of rotatable bonds is 7. The first-order chi connectivity index (χ1) is 11.7. The zero-order valence-electron chi connectivity index (χ0n) is 14.1. The number of anilines is 1. The molecule has 2 N–H and O–H groups in total. The number of hydrogen-bond donors (Lipinski definition) is 2. The minimum Gasteiger partial charge on any atom is -0.326 e. The summed E-state index contributed by atoms with van der Waals surface area (Å²) >= 11 is 1.85. The Labute approximate surface area is 147 Å². The Morgan fingerprint density at radius 1 is 1.21 bits per heavy atom. The van der Waals surface area contributed by atoms with E-state index in [1.165, 1.54) is 43.3 Å². The van der Waals surface area contributed by atoms with Crippen molar-refractivity contribution in [2.24, 2.45) is 0 Å². The number of amides is 1. The molecule has 1 aromatic carbocycles.